The zero-order valence-corrected chi connectivity index (χ0v) is 12.6. The predicted molar refractivity (Wildman–Crippen MR) is 75.7 cm³/mol. The van der Waals surface area contributed by atoms with Crippen molar-refractivity contribution in [2.24, 2.45) is 7.05 Å². The van der Waals surface area contributed by atoms with Gasteiger partial charge in [0.05, 0.1) is 30.2 Å². The summed E-state index contributed by atoms with van der Waals surface area (Å²) < 4.78 is 1.70. The molecule has 7 heteroatoms. The number of anilines is 1. The maximum Gasteiger partial charge on any atom is 0.317 e. The fourth-order valence-corrected chi connectivity index (χ4v) is 1.91. The van der Waals surface area contributed by atoms with Gasteiger partial charge < -0.3 is 10.4 Å². The molecule has 0 radical (unpaired) electrons. The minimum Gasteiger partial charge on any atom is -0.480 e. The van der Waals surface area contributed by atoms with E-state index < -0.39 is 5.97 Å². The van der Waals surface area contributed by atoms with Crippen LogP contribution in [0.25, 0.3) is 0 Å². The number of rotatable bonds is 6. The van der Waals surface area contributed by atoms with E-state index in [0.717, 1.165) is 11.4 Å². The van der Waals surface area contributed by atoms with Gasteiger partial charge in [-0.1, -0.05) is 0 Å². The molecule has 1 heterocycles. The number of nitrogens with one attached hydrogen (secondary N) is 1. The Hall–Kier alpha value is -1.89. The Morgan fingerprint density at radius 2 is 1.95 bits per heavy atom. The van der Waals surface area contributed by atoms with E-state index in [1.54, 1.807) is 9.58 Å². The van der Waals surface area contributed by atoms with Crippen LogP contribution >= 0.6 is 0 Å². The highest BCUT2D eigenvalue weighted by Crippen LogP contribution is 2.18. The fourth-order valence-electron chi connectivity index (χ4n) is 1.91. The molecule has 1 amide bonds. The molecule has 0 bridgehead atoms. The summed E-state index contributed by atoms with van der Waals surface area (Å²) in [5.74, 6) is -1.18. The maximum absolute atomic E-state index is 12.0. The number of amides is 1. The molecule has 1 aromatic rings. The number of aromatic nitrogens is 2. The molecule has 0 aromatic carbocycles. The fraction of sp³-hybridized carbons (Fsp3) is 0.615. The van der Waals surface area contributed by atoms with E-state index >= 15 is 0 Å². The van der Waals surface area contributed by atoms with E-state index in [1.165, 1.54) is 0 Å². The van der Waals surface area contributed by atoms with Crippen LogP contribution in [-0.4, -0.2) is 50.8 Å². The monoisotopic (exact) mass is 282 g/mol. The molecule has 1 aromatic heterocycles. The minimum absolute atomic E-state index is 0.0204. The smallest absolute Gasteiger partial charge is 0.317 e. The topological polar surface area (TPSA) is 87.5 Å². The number of aliphatic carboxylic acids is 1. The Kier molecular flexibility index (Phi) is 5.26. The van der Waals surface area contributed by atoms with E-state index in [9.17, 15) is 9.59 Å². The van der Waals surface area contributed by atoms with Crippen molar-refractivity contribution in [3.8, 4) is 0 Å². The molecule has 0 aliphatic heterocycles. The zero-order valence-electron chi connectivity index (χ0n) is 12.6. The molecule has 0 atom stereocenters. The van der Waals surface area contributed by atoms with Crippen LogP contribution in [0, 0.1) is 13.8 Å². The van der Waals surface area contributed by atoms with E-state index in [1.807, 2.05) is 34.7 Å². The number of carboxylic acids is 1. The van der Waals surface area contributed by atoms with Crippen LogP contribution in [0.15, 0.2) is 0 Å². The van der Waals surface area contributed by atoms with Crippen molar-refractivity contribution in [1.29, 1.82) is 0 Å². The molecule has 2 N–H and O–H groups in total. The van der Waals surface area contributed by atoms with Gasteiger partial charge in [-0.25, -0.2) is 0 Å². The molecule has 0 aliphatic carbocycles. The number of carbonyl (C=O) groups is 2. The normalized spacial score (nSPS) is 11.2. The van der Waals surface area contributed by atoms with Crippen LogP contribution < -0.4 is 5.32 Å². The lowest BCUT2D eigenvalue weighted by Gasteiger charge is -2.23. The number of nitrogens with zero attached hydrogens (tertiary/aromatic N) is 3. The summed E-state index contributed by atoms with van der Waals surface area (Å²) in [6.45, 7) is 7.29. The summed E-state index contributed by atoms with van der Waals surface area (Å²) in [5.41, 5.74) is 2.30. The Balaban J connectivity index is 2.73. The lowest BCUT2D eigenvalue weighted by Crippen LogP contribution is -2.41. The van der Waals surface area contributed by atoms with Crippen molar-refractivity contribution in [3.63, 3.8) is 0 Å². The quantitative estimate of drug-likeness (QED) is 0.804. The van der Waals surface area contributed by atoms with Crippen LogP contribution in [0.2, 0.25) is 0 Å². The van der Waals surface area contributed by atoms with Gasteiger partial charge in [0.25, 0.3) is 0 Å². The van der Waals surface area contributed by atoms with Crippen molar-refractivity contribution in [2.45, 2.75) is 33.7 Å². The highest BCUT2D eigenvalue weighted by atomic mass is 16.4. The molecule has 0 spiro atoms. The molecule has 0 saturated heterocycles. The summed E-state index contributed by atoms with van der Waals surface area (Å²) in [4.78, 5) is 24.4. The second-order valence-corrected chi connectivity index (χ2v) is 5.11. The van der Waals surface area contributed by atoms with Crippen LogP contribution in [0.4, 0.5) is 5.69 Å². The van der Waals surface area contributed by atoms with Gasteiger partial charge in [-0.15, -0.1) is 0 Å². The van der Waals surface area contributed by atoms with Gasteiger partial charge in [0.15, 0.2) is 0 Å². The van der Waals surface area contributed by atoms with Crippen molar-refractivity contribution in [2.75, 3.05) is 18.4 Å². The summed E-state index contributed by atoms with van der Waals surface area (Å²) in [5, 5.41) is 15.9. The van der Waals surface area contributed by atoms with Gasteiger partial charge in [0.1, 0.15) is 0 Å². The van der Waals surface area contributed by atoms with Crippen LogP contribution in [0.1, 0.15) is 25.2 Å². The summed E-state index contributed by atoms with van der Waals surface area (Å²) in [6.07, 6.45) is 0. The predicted octanol–water partition coefficient (Wildman–Crippen LogP) is 0.770. The van der Waals surface area contributed by atoms with Crippen molar-refractivity contribution in [1.82, 2.24) is 14.7 Å². The van der Waals surface area contributed by atoms with Gasteiger partial charge >= 0.3 is 5.97 Å². The largest absolute Gasteiger partial charge is 0.480 e. The Labute approximate surface area is 118 Å². The molecule has 20 heavy (non-hydrogen) atoms. The van der Waals surface area contributed by atoms with Gasteiger partial charge in [0.2, 0.25) is 5.91 Å². The number of carboxylic acid groups (broad SMARTS) is 1. The average Bonchev–Trinajstić information content (AvgIpc) is 2.54. The highest BCUT2D eigenvalue weighted by Gasteiger charge is 2.19. The molecule has 0 aliphatic rings. The first-order valence-electron chi connectivity index (χ1n) is 6.48. The van der Waals surface area contributed by atoms with Crippen molar-refractivity contribution >= 4 is 17.6 Å². The molecule has 7 nitrogen and oxygen atoms in total. The molecule has 1 rings (SSSR count). The third-order valence-electron chi connectivity index (χ3n) is 3.19. The van der Waals surface area contributed by atoms with Gasteiger partial charge in [-0.2, -0.15) is 5.10 Å². The first kappa shape index (κ1) is 16.2. The van der Waals surface area contributed by atoms with Gasteiger partial charge in [-0.05, 0) is 27.7 Å². The van der Waals surface area contributed by atoms with Crippen LogP contribution in [0.3, 0.4) is 0 Å². The van der Waals surface area contributed by atoms with Crippen LogP contribution in [0.5, 0.6) is 0 Å². The SMILES string of the molecule is Cc1nn(C)c(C)c1NC(=O)CN(CC(=O)O)C(C)C. The summed E-state index contributed by atoms with van der Waals surface area (Å²) in [6, 6.07) is -0.0204. The van der Waals surface area contributed by atoms with E-state index in [-0.39, 0.29) is 25.0 Å². The third-order valence-corrected chi connectivity index (χ3v) is 3.19. The Morgan fingerprint density at radius 3 is 2.35 bits per heavy atom. The average molecular weight is 282 g/mol. The number of hydrogen-bond acceptors (Lipinski definition) is 4. The molecular formula is C13H22N4O3. The van der Waals surface area contributed by atoms with Crippen molar-refractivity contribution in [3.05, 3.63) is 11.4 Å². The van der Waals surface area contributed by atoms with E-state index in [4.69, 9.17) is 5.11 Å². The third kappa shape index (κ3) is 4.06. The van der Waals surface area contributed by atoms with Gasteiger partial charge in [-0.3, -0.25) is 19.2 Å². The molecule has 0 fully saturated rings. The lowest BCUT2D eigenvalue weighted by atomic mass is 10.3. The molecule has 0 saturated carbocycles. The number of carbonyl (C=O) groups excluding carboxylic acids is 1. The summed E-state index contributed by atoms with van der Waals surface area (Å²) >= 11 is 0. The van der Waals surface area contributed by atoms with E-state index in [2.05, 4.69) is 10.4 Å². The van der Waals surface area contributed by atoms with Crippen LogP contribution in [-0.2, 0) is 16.6 Å². The Morgan fingerprint density at radius 1 is 1.35 bits per heavy atom. The molecule has 112 valence electrons. The highest BCUT2D eigenvalue weighted by molar-refractivity contribution is 5.93. The van der Waals surface area contributed by atoms with Gasteiger partial charge in [0, 0.05) is 13.1 Å². The second kappa shape index (κ2) is 6.51. The first-order chi connectivity index (χ1) is 9.22. The minimum atomic E-state index is -0.944. The second-order valence-electron chi connectivity index (χ2n) is 5.11. The zero-order chi connectivity index (χ0) is 15.4. The summed E-state index contributed by atoms with van der Waals surface area (Å²) in [7, 11) is 1.81. The number of aryl methyl sites for hydroxylation is 2. The lowest BCUT2D eigenvalue weighted by molar-refractivity contribution is -0.139. The Bertz CT molecular complexity index is 508. The molecular weight excluding hydrogens is 260 g/mol. The number of hydrogen-bond donors (Lipinski definition) is 2. The molecule has 0 unspecified atom stereocenters. The standard InChI is InChI=1S/C13H22N4O3/c1-8(2)17(7-12(19)20)6-11(18)14-13-9(3)15-16(5)10(13)4/h8H,6-7H2,1-5H3,(H,14,18)(H,19,20). The maximum atomic E-state index is 12.0. The first-order valence-corrected chi connectivity index (χ1v) is 6.48. The van der Waals surface area contributed by atoms with Crippen molar-refractivity contribution < 1.29 is 14.7 Å². The van der Waals surface area contributed by atoms with E-state index in [0.29, 0.717) is 5.69 Å².